The fourth-order valence-electron chi connectivity index (χ4n) is 1.90. The Hall–Kier alpha value is -2.49. The maximum Gasteiger partial charge on any atom is 0.251 e. The minimum absolute atomic E-state index is 0.140. The van der Waals surface area contributed by atoms with Crippen molar-refractivity contribution in [1.82, 2.24) is 5.32 Å². The Morgan fingerprint density at radius 1 is 1.20 bits per heavy atom. The first-order valence-electron chi connectivity index (χ1n) is 6.45. The zero-order valence-electron chi connectivity index (χ0n) is 11.6. The van der Waals surface area contributed by atoms with Crippen molar-refractivity contribution in [3.05, 3.63) is 59.7 Å². The highest BCUT2D eigenvalue weighted by atomic mass is 16.5. The summed E-state index contributed by atoms with van der Waals surface area (Å²) in [7, 11) is 1.59. The number of rotatable bonds is 4. The lowest BCUT2D eigenvalue weighted by Crippen LogP contribution is -2.18. The van der Waals surface area contributed by atoms with Gasteiger partial charge in [-0.2, -0.15) is 0 Å². The molecule has 0 aliphatic rings. The predicted molar refractivity (Wildman–Crippen MR) is 79.7 cm³/mol. The lowest BCUT2D eigenvalue weighted by atomic mass is 10.1. The molecule has 0 saturated heterocycles. The molecule has 3 N–H and O–H groups in total. The Morgan fingerprint density at radius 2 is 1.90 bits per heavy atom. The zero-order valence-corrected chi connectivity index (χ0v) is 11.6. The van der Waals surface area contributed by atoms with Crippen LogP contribution in [0.25, 0.3) is 0 Å². The topological polar surface area (TPSA) is 64.4 Å². The normalized spacial score (nSPS) is 11.7. The molecule has 4 nitrogen and oxygen atoms in total. The van der Waals surface area contributed by atoms with E-state index in [1.54, 1.807) is 25.2 Å². The Bertz CT molecular complexity index is 597. The molecule has 0 saturated carbocycles. The monoisotopic (exact) mass is 270 g/mol. The number of hydrogen-bond donors (Lipinski definition) is 2. The zero-order chi connectivity index (χ0) is 14.5. The van der Waals surface area contributed by atoms with Crippen LogP contribution in [0.3, 0.4) is 0 Å². The Morgan fingerprint density at radius 3 is 2.55 bits per heavy atom. The molecule has 0 spiro atoms. The number of carbonyl (C=O) groups is 1. The SMILES string of the molecule is CNC(=O)c1ccc(N)c(OC(C)c2ccccc2)c1. The smallest absolute Gasteiger partial charge is 0.251 e. The number of benzene rings is 2. The molecule has 2 aromatic carbocycles. The van der Waals surface area contributed by atoms with Crippen LogP contribution in [-0.4, -0.2) is 13.0 Å². The molecule has 0 heterocycles. The molecule has 0 fully saturated rings. The van der Waals surface area contributed by atoms with Gasteiger partial charge in [0.05, 0.1) is 5.69 Å². The van der Waals surface area contributed by atoms with Crippen molar-refractivity contribution in [3.63, 3.8) is 0 Å². The maximum absolute atomic E-state index is 11.6. The molecule has 1 amide bonds. The number of nitrogens with two attached hydrogens (primary N) is 1. The molecule has 104 valence electrons. The second kappa shape index (κ2) is 6.10. The van der Waals surface area contributed by atoms with Gasteiger partial charge in [0.25, 0.3) is 5.91 Å². The van der Waals surface area contributed by atoms with Gasteiger partial charge in [-0.05, 0) is 30.7 Å². The van der Waals surface area contributed by atoms with E-state index in [1.165, 1.54) is 0 Å². The van der Waals surface area contributed by atoms with Crippen molar-refractivity contribution in [2.75, 3.05) is 12.8 Å². The number of nitrogen functional groups attached to an aromatic ring is 1. The van der Waals surface area contributed by atoms with Gasteiger partial charge in [-0.1, -0.05) is 30.3 Å². The summed E-state index contributed by atoms with van der Waals surface area (Å²) in [6.45, 7) is 1.95. The highest BCUT2D eigenvalue weighted by molar-refractivity contribution is 5.95. The number of carbonyl (C=O) groups excluding carboxylic acids is 1. The van der Waals surface area contributed by atoms with E-state index in [2.05, 4.69) is 5.32 Å². The second-order valence-electron chi connectivity index (χ2n) is 4.50. The van der Waals surface area contributed by atoms with E-state index in [0.717, 1.165) is 5.56 Å². The molecule has 1 atom stereocenters. The number of amides is 1. The van der Waals surface area contributed by atoms with Gasteiger partial charge in [0, 0.05) is 12.6 Å². The van der Waals surface area contributed by atoms with Gasteiger partial charge in [-0.25, -0.2) is 0 Å². The Kier molecular flexibility index (Phi) is 4.25. The summed E-state index contributed by atoms with van der Waals surface area (Å²) in [6.07, 6.45) is -0.140. The fourth-order valence-corrected chi connectivity index (χ4v) is 1.90. The molecule has 0 bridgehead atoms. The van der Waals surface area contributed by atoms with Crippen molar-refractivity contribution in [2.24, 2.45) is 0 Å². The van der Waals surface area contributed by atoms with Crippen LogP contribution in [0, 0.1) is 0 Å². The standard InChI is InChI=1S/C16H18N2O2/c1-11(12-6-4-3-5-7-12)20-15-10-13(16(19)18-2)8-9-14(15)17/h3-11H,17H2,1-2H3,(H,18,19). The number of ether oxygens (including phenoxy) is 1. The molecule has 1 unspecified atom stereocenters. The van der Waals surface area contributed by atoms with Crippen LogP contribution in [0.4, 0.5) is 5.69 Å². The third-order valence-corrected chi connectivity index (χ3v) is 3.08. The van der Waals surface area contributed by atoms with E-state index >= 15 is 0 Å². The minimum atomic E-state index is -0.165. The lowest BCUT2D eigenvalue weighted by molar-refractivity contribution is 0.0962. The van der Waals surface area contributed by atoms with Crippen LogP contribution in [0.15, 0.2) is 48.5 Å². The van der Waals surface area contributed by atoms with E-state index in [4.69, 9.17) is 10.5 Å². The van der Waals surface area contributed by atoms with E-state index in [9.17, 15) is 4.79 Å². The fraction of sp³-hybridized carbons (Fsp3) is 0.188. The minimum Gasteiger partial charge on any atom is -0.484 e. The third-order valence-electron chi connectivity index (χ3n) is 3.08. The Balaban J connectivity index is 2.22. The van der Waals surface area contributed by atoms with Crippen molar-refractivity contribution >= 4 is 11.6 Å². The molecule has 2 aromatic rings. The highest BCUT2D eigenvalue weighted by Gasteiger charge is 2.12. The van der Waals surface area contributed by atoms with Crippen LogP contribution in [0.5, 0.6) is 5.75 Å². The number of nitrogens with one attached hydrogen (secondary N) is 1. The summed E-state index contributed by atoms with van der Waals surface area (Å²) >= 11 is 0. The largest absolute Gasteiger partial charge is 0.484 e. The average molecular weight is 270 g/mol. The van der Waals surface area contributed by atoms with Crippen molar-refractivity contribution in [3.8, 4) is 5.75 Å². The summed E-state index contributed by atoms with van der Waals surface area (Å²) in [4.78, 5) is 11.6. The van der Waals surface area contributed by atoms with Crippen molar-refractivity contribution in [2.45, 2.75) is 13.0 Å². The van der Waals surface area contributed by atoms with E-state index in [1.807, 2.05) is 37.3 Å². The van der Waals surface area contributed by atoms with Crippen molar-refractivity contribution < 1.29 is 9.53 Å². The third kappa shape index (κ3) is 3.09. The summed E-state index contributed by atoms with van der Waals surface area (Å²) in [5.41, 5.74) is 7.99. The van der Waals surface area contributed by atoms with Crippen molar-refractivity contribution in [1.29, 1.82) is 0 Å². The van der Waals surface area contributed by atoms with Crippen LogP contribution in [0.2, 0.25) is 0 Å². The highest BCUT2D eigenvalue weighted by Crippen LogP contribution is 2.28. The molecule has 0 radical (unpaired) electrons. The summed E-state index contributed by atoms with van der Waals surface area (Å²) < 4.78 is 5.86. The molecule has 0 aliphatic heterocycles. The molecule has 4 heteroatoms. The lowest BCUT2D eigenvalue weighted by Gasteiger charge is -2.17. The van der Waals surface area contributed by atoms with Gasteiger partial charge in [0.1, 0.15) is 11.9 Å². The van der Waals surface area contributed by atoms with Gasteiger partial charge < -0.3 is 15.8 Å². The van der Waals surface area contributed by atoms with Gasteiger partial charge >= 0.3 is 0 Å². The van der Waals surface area contributed by atoms with Gasteiger partial charge in [-0.3, -0.25) is 4.79 Å². The van der Waals surface area contributed by atoms with E-state index in [-0.39, 0.29) is 12.0 Å². The quantitative estimate of drug-likeness (QED) is 0.840. The number of anilines is 1. The average Bonchev–Trinajstić information content (AvgIpc) is 2.49. The maximum atomic E-state index is 11.6. The molecule has 2 rings (SSSR count). The molecule has 0 aliphatic carbocycles. The predicted octanol–water partition coefficient (Wildman–Crippen LogP) is 2.77. The van der Waals surface area contributed by atoms with E-state index in [0.29, 0.717) is 17.0 Å². The molecule has 20 heavy (non-hydrogen) atoms. The van der Waals surface area contributed by atoms with Gasteiger partial charge in [0.2, 0.25) is 0 Å². The van der Waals surface area contributed by atoms with Crippen LogP contribution >= 0.6 is 0 Å². The van der Waals surface area contributed by atoms with Crippen LogP contribution in [-0.2, 0) is 0 Å². The number of hydrogen-bond acceptors (Lipinski definition) is 3. The van der Waals surface area contributed by atoms with Crippen LogP contribution < -0.4 is 15.8 Å². The van der Waals surface area contributed by atoms with E-state index < -0.39 is 0 Å². The summed E-state index contributed by atoms with van der Waals surface area (Å²) in [5.74, 6) is 0.352. The van der Waals surface area contributed by atoms with Gasteiger partial charge in [-0.15, -0.1) is 0 Å². The van der Waals surface area contributed by atoms with Gasteiger partial charge in [0.15, 0.2) is 0 Å². The first-order chi connectivity index (χ1) is 9.61. The first-order valence-corrected chi connectivity index (χ1v) is 6.45. The second-order valence-corrected chi connectivity index (χ2v) is 4.50. The van der Waals surface area contributed by atoms with Crippen LogP contribution in [0.1, 0.15) is 28.9 Å². The molecular formula is C16H18N2O2. The summed E-state index contributed by atoms with van der Waals surface area (Å²) in [6, 6.07) is 14.9. The summed E-state index contributed by atoms with van der Waals surface area (Å²) in [5, 5.41) is 2.58. The first kappa shape index (κ1) is 13.9. The molecular weight excluding hydrogens is 252 g/mol. The molecule has 0 aromatic heterocycles. The Labute approximate surface area is 118 Å².